The van der Waals surface area contributed by atoms with E-state index in [1.807, 2.05) is 30.3 Å². The lowest BCUT2D eigenvalue weighted by Gasteiger charge is -2.10. The van der Waals surface area contributed by atoms with Crippen LogP contribution in [0.2, 0.25) is 0 Å². The highest BCUT2D eigenvalue weighted by atomic mass is 32.2. The van der Waals surface area contributed by atoms with Crippen LogP contribution in [0.4, 0.5) is 5.69 Å². The van der Waals surface area contributed by atoms with Crippen LogP contribution in [0.1, 0.15) is 27.9 Å². The van der Waals surface area contributed by atoms with Crippen LogP contribution >= 0.6 is 11.8 Å². The van der Waals surface area contributed by atoms with Gasteiger partial charge in [0.15, 0.2) is 0 Å². The smallest absolute Gasteiger partial charge is 0.251 e. The van der Waals surface area contributed by atoms with Crippen LogP contribution in [0.3, 0.4) is 0 Å². The fourth-order valence-corrected chi connectivity index (χ4v) is 3.28. The highest BCUT2D eigenvalue weighted by molar-refractivity contribution is 8.14. The van der Waals surface area contributed by atoms with Crippen molar-refractivity contribution in [1.82, 2.24) is 5.32 Å². The molecule has 0 aliphatic carbocycles. The van der Waals surface area contributed by atoms with Crippen LogP contribution in [0, 0.1) is 0 Å². The number of nitrogens with one attached hydrogen (secondary N) is 2. The van der Waals surface area contributed by atoms with E-state index in [0.717, 1.165) is 10.6 Å². The third-order valence-corrected chi connectivity index (χ3v) is 5.00. The molecule has 3 rings (SSSR count). The summed E-state index contributed by atoms with van der Waals surface area (Å²) in [5, 5.41) is 30.4. The topological polar surface area (TPSA) is 106 Å². The van der Waals surface area contributed by atoms with Gasteiger partial charge in [0.1, 0.15) is 5.04 Å². The third-order valence-electron chi connectivity index (χ3n) is 3.96. The number of anilines is 1. The Hall–Kier alpha value is -3.10. The van der Waals surface area contributed by atoms with Crippen LogP contribution in [0.15, 0.2) is 71.1 Å². The maximum Gasteiger partial charge on any atom is 0.251 e. The number of aliphatic hydroxyl groups is 1. The van der Waals surface area contributed by atoms with Crippen molar-refractivity contribution < 1.29 is 15.1 Å². The number of nitrogens with zero attached hydrogens (tertiary/aromatic N) is 2. The van der Waals surface area contributed by atoms with Gasteiger partial charge in [0.05, 0.1) is 22.9 Å². The molecule has 7 nitrogen and oxygen atoms in total. The van der Waals surface area contributed by atoms with Crippen LogP contribution < -0.4 is 10.8 Å². The molecule has 1 amide bonds. The molecule has 144 valence electrons. The van der Waals surface area contributed by atoms with Gasteiger partial charge in [-0.1, -0.05) is 36.9 Å². The van der Waals surface area contributed by atoms with E-state index in [1.165, 1.54) is 11.8 Å². The summed E-state index contributed by atoms with van der Waals surface area (Å²) in [7, 11) is 0. The van der Waals surface area contributed by atoms with Crippen molar-refractivity contribution >= 4 is 34.1 Å². The highest BCUT2D eigenvalue weighted by Gasteiger charge is 2.18. The maximum atomic E-state index is 12.6. The molecule has 0 radical (unpaired) electrons. The Morgan fingerprint density at radius 3 is 2.68 bits per heavy atom. The molecule has 0 unspecified atom stereocenters. The summed E-state index contributed by atoms with van der Waals surface area (Å²) in [6.07, 6.45) is 0.484. The highest BCUT2D eigenvalue weighted by Crippen LogP contribution is 2.23. The van der Waals surface area contributed by atoms with E-state index in [9.17, 15) is 15.1 Å². The van der Waals surface area contributed by atoms with Crippen molar-refractivity contribution in [3.8, 4) is 0 Å². The summed E-state index contributed by atoms with van der Waals surface area (Å²) in [6, 6.07) is 14.6. The van der Waals surface area contributed by atoms with E-state index in [0.29, 0.717) is 41.2 Å². The molecule has 2 aromatic rings. The Morgan fingerprint density at radius 1 is 1.18 bits per heavy atom. The summed E-state index contributed by atoms with van der Waals surface area (Å²) < 4.78 is 0. The lowest BCUT2D eigenvalue weighted by atomic mass is 10.0. The molecular formula is C20H20N4O3S. The second kappa shape index (κ2) is 9.20. The van der Waals surface area contributed by atoms with Gasteiger partial charge in [-0.05, 0) is 23.8 Å². The molecule has 28 heavy (non-hydrogen) atoms. The number of thioether (sulfide) groups is 1. The number of carbonyl (C=O) groups excluding carboxylic acids is 1. The van der Waals surface area contributed by atoms with E-state index in [-0.39, 0.29) is 11.7 Å². The van der Waals surface area contributed by atoms with Gasteiger partial charge in [-0.2, -0.15) is 5.10 Å². The molecule has 0 aromatic heterocycles. The fourth-order valence-electron chi connectivity index (χ4n) is 2.61. The number of carbonyl (C=O) groups is 1. The van der Waals surface area contributed by atoms with E-state index in [1.54, 1.807) is 18.2 Å². The van der Waals surface area contributed by atoms with Crippen LogP contribution in [0.25, 0.3) is 0 Å². The van der Waals surface area contributed by atoms with Crippen LogP contribution in [-0.2, 0) is 6.54 Å². The Balaban J connectivity index is 1.70. The van der Waals surface area contributed by atoms with Crippen molar-refractivity contribution in [2.24, 2.45) is 10.2 Å². The lowest BCUT2D eigenvalue weighted by molar-refractivity contribution is 0.0951. The van der Waals surface area contributed by atoms with Crippen molar-refractivity contribution in [2.45, 2.75) is 13.0 Å². The van der Waals surface area contributed by atoms with E-state index < -0.39 is 0 Å². The Morgan fingerprint density at radius 2 is 1.96 bits per heavy atom. The van der Waals surface area contributed by atoms with Crippen molar-refractivity contribution in [3.63, 3.8) is 0 Å². The molecule has 2 aromatic carbocycles. The molecular weight excluding hydrogens is 376 g/mol. The first kappa shape index (κ1) is 19.7. The first-order valence-electron chi connectivity index (χ1n) is 8.56. The van der Waals surface area contributed by atoms with E-state index in [4.69, 9.17) is 0 Å². The monoisotopic (exact) mass is 396 g/mol. The zero-order chi connectivity index (χ0) is 19.9. The fraction of sp³-hybridized carbons (Fsp3) is 0.150. The van der Waals surface area contributed by atoms with Crippen molar-refractivity contribution in [3.05, 3.63) is 77.6 Å². The SMILES string of the molecule is C=C(O)CSC1=NN=C(c2cc(NO)cc(C(=O)NCc3ccccc3)c2)C1. The van der Waals surface area contributed by atoms with Gasteiger partial charge in [-0.15, -0.1) is 16.9 Å². The van der Waals surface area contributed by atoms with E-state index >= 15 is 0 Å². The number of hydrogen-bond donors (Lipinski definition) is 4. The number of aliphatic hydroxyl groups excluding tert-OH is 1. The molecule has 1 aliphatic rings. The third kappa shape index (κ3) is 5.21. The lowest BCUT2D eigenvalue weighted by Crippen LogP contribution is -2.23. The normalized spacial score (nSPS) is 12.9. The van der Waals surface area contributed by atoms with Crippen molar-refractivity contribution in [1.29, 1.82) is 0 Å². The van der Waals surface area contributed by atoms with Crippen LogP contribution in [0.5, 0.6) is 0 Å². The first-order valence-corrected chi connectivity index (χ1v) is 9.54. The molecule has 0 bridgehead atoms. The molecule has 8 heteroatoms. The number of amides is 1. The molecule has 1 aliphatic heterocycles. The second-order valence-corrected chi connectivity index (χ2v) is 7.20. The zero-order valence-electron chi connectivity index (χ0n) is 15.1. The Kier molecular flexibility index (Phi) is 6.46. The predicted molar refractivity (Wildman–Crippen MR) is 112 cm³/mol. The van der Waals surface area contributed by atoms with Gasteiger partial charge >= 0.3 is 0 Å². The van der Waals surface area contributed by atoms with E-state index in [2.05, 4.69) is 27.6 Å². The molecule has 4 N–H and O–H groups in total. The average Bonchev–Trinajstić information content (AvgIpc) is 3.20. The minimum absolute atomic E-state index is 0.0741. The van der Waals surface area contributed by atoms with Crippen molar-refractivity contribution in [2.75, 3.05) is 11.2 Å². The molecule has 0 fully saturated rings. The largest absolute Gasteiger partial charge is 0.512 e. The minimum atomic E-state index is -0.257. The van der Waals surface area contributed by atoms with Gasteiger partial charge in [0, 0.05) is 24.1 Å². The summed E-state index contributed by atoms with van der Waals surface area (Å²) in [5.41, 5.74) is 5.23. The first-order chi connectivity index (χ1) is 13.5. The predicted octanol–water partition coefficient (Wildman–Crippen LogP) is 3.73. The molecule has 0 saturated heterocycles. The summed E-state index contributed by atoms with van der Waals surface area (Å²) in [4.78, 5) is 12.6. The minimum Gasteiger partial charge on any atom is -0.512 e. The number of benzene rings is 2. The van der Waals surface area contributed by atoms with Gasteiger partial charge in [0.2, 0.25) is 0 Å². The van der Waals surface area contributed by atoms with Crippen LogP contribution in [-0.4, -0.2) is 32.7 Å². The Labute approximate surface area is 166 Å². The average molecular weight is 396 g/mol. The number of hydrogen-bond acceptors (Lipinski definition) is 7. The van der Waals surface area contributed by atoms with Gasteiger partial charge < -0.3 is 10.4 Å². The summed E-state index contributed by atoms with van der Waals surface area (Å²) in [6.45, 7) is 3.85. The van der Waals surface area contributed by atoms with Gasteiger partial charge in [0.25, 0.3) is 5.91 Å². The molecule has 0 atom stereocenters. The Bertz CT molecular complexity index is 942. The summed E-state index contributed by atoms with van der Waals surface area (Å²) in [5.74, 6) is 0.172. The quantitative estimate of drug-likeness (QED) is 0.421. The number of rotatable bonds is 7. The zero-order valence-corrected chi connectivity index (χ0v) is 15.9. The second-order valence-electron chi connectivity index (χ2n) is 6.15. The standard InChI is InChI=1S/C20H20N4O3S/c1-13(25)12-28-19-10-18(22-23-19)15-7-16(9-17(8-15)24-27)20(26)21-11-14-5-3-2-4-6-14/h2-9,24-25,27H,1,10-12H2,(H,21,26). The molecule has 0 spiro atoms. The molecule has 0 saturated carbocycles. The van der Waals surface area contributed by atoms with Gasteiger partial charge in [-0.3, -0.25) is 15.5 Å². The van der Waals surface area contributed by atoms with Gasteiger partial charge in [-0.25, -0.2) is 0 Å². The molecule has 1 heterocycles. The maximum absolute atomic E-state index is 12.6. The summed E-state index contributed by atoms with van der Waals surface area (Å²) >= 11 is 1.36.